The molecule has 0 radical (unpaired) electrons. The van der Waals surface area contributed by atoms with E-state index in [4.69, 9.17) is 16.7 Å². The second-order valence-electron chi connectivity index (χ2n) is 3.56. The maximum Gasteiger partial charge on any atom is 0.352 e. The second-order valence-corrected chi connectivity index (χ2v) is 5.16. The standard InChI is InChI=1S/C12H7ClINO3/c13-7-1-2-9(14)8(4-7)11(16)6-3-10(12(17)18)15-5-6/h1-5,15H,(H,17,18). The molecule has 2 N–H and O–H groups in total. The van der Waals surface area contributed by atoms with Crippen LogP contribution in [0.15, 0.2) is 30.5 Å². The van der Waals surface area contributed by atoms with E-state index in [1.54, 1.807) is 18.2 Å². The van der Waals surface area contributed by atoms with Crippen LogP contribution in [-0.2, 0) is 0 Å². The number of hydrogen-bond acceptors (Lipinski definition) is 2. The van der Waals surface area contributed by atoms with E-state index in [-0.39, 0.29) is 11.5 Å². The Hall–Kier alpha value is -1.34. The van der Waals surface area contributed by atoms with Crippen molar-refractivity contribution in [1.29, 1.82) is 0 Å². The lowest BCUT2D eigenvalue weighted by atomic mass is 10.1. The summed E-state index contributed by atoms with van der Waals surface area (Å²) in [6.45, 7) is 0. The lowest BCUT2D eigenvalue weighted by Crippen LogP contribution is -2.02. The molecule has 0 unspecified atom stereocenters. The molecular formula is C12H7ClINO3. The van der Waals surface area contributed by atoms with Crippen LogP contribution < -0.4 is 0 Å². The van der Waals surface area contributed by atoms with Gasteiger partial charge in [0, 0.05) is 25.9 Å². The highest BCUT2D eigenvalue weighted by Gasteiger charge is 2.16. The SMILES string of the molecule is O=C(O)c1cc(C(=O)c2cc(Cl)ccc2I)c[nH]1. The summed E-state index contributed by atoms with van der Waals surface area (Å²) in [5.74, 6) is -1.36. The summed E-state index contributed by atoms with van der Waals surface area (Å²) in [7, 11) is 0. The Bertz CT molecular complexity index is 636. The number of benzene rings is 1. The predicted octanol–water partition coefficient (Wildman–Crippen LogP) is 3.20. The summed E-state index contributed by atoms with van der Waals surface area (Å²) in [5.41, 5.74) is 0.738. The van der Waals surface area contributed by atoms with E-state index in [0.717, 1.165) is 3.57 Å². The molecular weight excluding hydrogens is 368 g/mol. The minimum Gasteiger partial charge on any atom is -0.477 e. The summed E-state index contributed by atoms with van der Waals surface area (Å²) in [6, 6.07) is 6.31. The highest BCUT2D eigenvalue weighted by molar-refractivity contribution is 14.1. The molecule has 1 aromatic heterocycles. The van der Waals surface area contributed by atoms with E-state index in [1.165, 1.54) is 12.3 Å². The lowest BCUT2D eigenvalue weighted by molar-refractivity contribution is 0.0691. The van der Waals surface area contributed by atoms with Crippen LogP contribution in [0.3, 0.4) is 0 Å². The molecule has 0 aliphatic rings. The predicted molar refractivity (Wildman–Crippen MR) is 75.4 cm³/mol. The van der Waals surface area contributed by atoms with Gasteiger partial charge in [-0.25, -0.2) is 4.79 Å². The van der Waals surface area contributed by atoms with Crippen molar-refractivity contribution in [1.82, 2.24) is 4.98 Å². The summed E-state index contributed by atoms with van der Waals surface area (Å²) in [5, 5.41) is 9.25. The Kier molecular flexibility index (Phi) is 3.72. The van der Waals surface area contributed by atoms with E-state index in [0.29, 0.717) is 16.1 Å². The number of aromatic amines is 1. The number of hydrogen-bond donors (Lipinski definition) is 2. The smallest absolute Gasteiger partial charge is 0.352 e. The van der Waals surface area contributed by atoms with Gasteiger partial charge in [0.2, 0.25) is 0 Å². The van der Waals surface area contributed by atoms with Gasteiger partial charge in [0.05, 0.1) is 0 Å². The number of nitrogens with one attached hydrogen (secondary N) is 1. The first-order valence-electron chi connectivity index (χ1n) is 4.90. The fourth-order valence-electron chi connectivity index (χ4n) is 1.48. The van der Waals surface area contributed by atoms with Crippen LogP contribution in [0.5, 0.6) is 0 Å². The van der Waals surface area contributed by atoms with Crippen LogP contribution >= 0.6 is 34.2 Å². The Labute approximate surface area is 121 Å². The molecule has 0 fully saturated rings. The number of carbonyl (C=O) groups excluding carboxylic acids is 1. The molecule has 0 atom stereocenters. The number of aromatic carboxylic acids is 1. The highest BCUT2D eigenvalue weighted by atomic mass is 127. The van der Waals surface area contributed by atoms with Crippen molar-refractivity contribution in [3.63, 3.8) is 0 Å². The molecule has 2 aromatic rings. The van der Waals surface area contributed by atoms with Gasteiger partial charge in [-0.3, -0.25) is 4.79 Å². The zero-order valence-electron chi connectivity index (χ0n) is 8.91. The van der Waals surface area contributed by atoms with E-state index < -0.39 is 5.97 Å². The average Bonchev–Trinajstić information content (AvgIpc) is 2.81. The van der Waals surface area contributed by atoms with Crippen LogP contribution in [0, 0.1) is 3.57 Å². The molecule has 0 saturated heterocycles. The van der Waals surface area contributed by atoms with Gasteiger partial charge in [0.1, 0.15) is 5.69 Å². The molecule has 0 bridgehead atoms. The third kappa shape index (κ3) is 2.56. The highest BCUT2D eigenvalue weighted by Crippen LogP contribution is 2.21. The first-order valence-corrected chi connectivity index (χ1v) is 6.36. The molecule has 0 aliphatic heterocycles. The molecule has 1 heterocycles. The van der Waals surface area contributed by atoms with Crippen molar-refractivity contribution >= 4 is 45.9 Å². The number of ketones is 1. The topological polar surface area (TPSA) is 70.2 Å². The summed E-state index contributed by atoms with van der Waals surface area (Å²) >= 11 is 7.88. The van der Waals surface area contributed by atoms with Crippen LogP contribution in [0.1, 0.15) is 26.4 Å². The molecule has 0 saturated carbocycles. The van der Waals surface area contributed by atoms with Crippen LogP contribution in [0.2, 0.25) is 5.02 Å². The average molecular weight is 376 g/mol. The minimum atomic E-state index is -1.10. The Morgan fingerprint density at radius 3 is 2.61 bits per heavy atom. The number of rotatable bonds is 3. The molecule has 6 heteroatoms. The number of carbonyl (C=O) groups is 2. The van der Waals surface area contributed by atoms with Gasteiger partial charge in [-0.1, -0.05) is 11.6 Å². The van der Waals surface area contributed by atoms with Crippen molar-refractivity contribution in [2.75, 3.05) is 0 Å². The normalized spacial score (nSPS) is 10.3. The quantitative estimate of drug-likeness (QED) is 0.639. The minimum absolute atomic E-state index is 0.0182. The second kappa shape index (κ2) is 5.11. The van der Waals surface area contributed by atoms with Gasteiger partial charge in [-0.15, -0.1) is 0 Å². The monoisotopic (exact) mass is 375 g/mol. The molecule has 0 spiro atoms. The molecule has 2 rings (SSSR count). The molecule has 92 valence electrons. The van der Waals surface area contributed by atoms with Gasteiger partial charge in [0.25, 0.3) is 0 Å². The van der Waals surface area contributed by atoms with Crippen molar-refractivity contribution < 1.29 is 14.7 Å². The zero-order chi connectivity index (χ0) is 13.3. The maximum atomic E-state index is 12.2. The van der Waals surface area contributed by atoms with Crippen molar-refractivity contribution in [2.24, 2.45) is 0 Å². The van der Waals surface area contributed by atoms with Crippen LogP contribution in [0.4, 0.5) is 0 Å². The molecule has 0 aliphatic carbocycles. The first kappa shape index (κ1) is 13.1. The number of carboxylic acids is 1. The summed E-state index contributed by atoms with van der Waals surface area (Å²) in [4.78, 5) is 25.4. The molecule has 18 heavy (non-hydrogen) atoms. The fourth-order valence-corrected chi connectivity index (χ4v) is 2.23. The number of aromatic nitrogens is 1. The first-order chi connectivity index (χ1) is 8.49. The van der Waals surface area contributed by atoms with E-state index in [9.17, 15) is 9.59 Å². The number of halogens is 2. The summed E-state index contributed by atoms with van der Waals surface area (Å²) in [6.07, 6.45) is 1.38. The molecule has 1 aromatic carbocycles. The summed E-state index contributed by atoms with van der Waals surface area (Å²) < 4.78 is 0.764. The number of carboxylic acid groups (broad SMARTS) is 1. The van der Waals surface area contributed by atoms with E-state index >= 15 is 0 Å². The van der Waals surface area contributed by atoms with Gasteiger partial charge in [-0.2, -0.15) is 0 Å². The largest absolute Gasteiger partial charge is 0.477 e. The molecule has 4 nitrogen and oxygen atoms in total. The van der Waals surface area contributed by atoms with E-state index in [1.807, 2.05) is 22.6 Å². The van der Waals surface area contributed by atoms with Crippen molar-refractivity contribution in [3.8, 4) is 0 Å². The van der Waals surface area contributed by atoms with E-state index in [2.05, 4.69) is 4.98 Å². The van der Waals surface area contributed by atoms with Gasteiger partial charge in [-0.05, 0) is 46.9 Å². The van der Waals surface area contributed by atoms with Crippen LogP contribution in [-0.4, -0.2) is 21.8 Å². The van der Waals surface area contributed by atoms with Gasteiger partial charge < -0.3 is 10.1 Å². The Morgan fingerprint density at radius 1 is 1.28 bits per heavy atom. The number of H-pyrrole nitrogens is 1. The maximum absolute atomic E-state index is 12.2. The van der Waals surface area contributed by atoms with Crippen LogP contribution in [0.25, 0.3) is 0 Å². The van der Waals surface area contributed by atoms with Crippen molar-refractivity contribution in [3.05, 3.63) is 55.9 Å². The molecule has 0 amide bonds. The Morgan fingerprint density at radius 2 is 2.00 bits per heavy atom. The Balaban J connectivity index is 2.41. The third-order valence-corrected chi connectivity index (χ3v) is 3.52. The van der Waals surface area contributed by atoms with Gasteiger partial charge in [0.15, 0.2) is 5.78 Å². The fraction of sp³-hybridized carbons (Fsp3) is 0. The zero-order valence-corrected chi connectivity index (χ0v) is 11.8. The van der Waals surface area contributed by atoms with Crippen molar-refractivity contribution in [2.45, 2.75) is 0 Å². The van der Waals surface area contributed by atoms with Gasteiger partial charge >= 0.3 is 5.97 Å². The lowest BCUT2D eigenvalue weighted by Gasteiger charge is -2.02. The third-order valence-electron chi connectivity index (χ3n) is 2.35.